The molecule has 0 aliphatic heterocycles. The minimum atomic E-state index is -0.920. The Morgan fingerprint density at radius 1 is 1.45 bits per heavy atom. The first-order chi connectivity index (χ1) is 9.49. The molecule has 110 valence electrons. The van der Waals surface area contributed by atoms with Crippen molar-refractivity contribution in [3.63, 3.8) is 0 Å². The van der Waals surface area contributed by atoms with Crippen LogP contribution in [0.15, 0.2) is 24.4 Å². The number of ether oxygens (including phenoxy) is 2. The number of carbonyl (C=O) groups excluding carboxylic acids is 2. The maximum absolute atomic E-state index is 11.7. The summed E-state index contributed by atoms with van der Waals surface area (Å²) in [6.07, 6.45) is 1.30. The summed E-state index contributed by atoms with van der Waals surface area (Å²) in [5.74, 6) is 0. The van der Waals surface area contributed by atoms with Gasteiger partial charge in [0.2, 0.25) is 0 Å². The lowest BCUT2D eigenvalue weighted by atomic mass is 10.2. The van der Waals surface area contributed by atoms with Crippen LogP contribution >= 0.6 is 11.6 Å². The van der Waals surface area contributed by atoms with Crippen LogP contribution in [-0.4, -0.2) is 47.7 Å². The van der Waals surface area contributed by atoms with Crippen molar-refractivity contribution in [1.29, 1.82) is 0 Å². The third-order valence-electron chi connectivity index (χ3n) is 2.47. The fraction of sp³-hybridized carbons (Fsp3) is 0.462. The van der Waals surface area contributed by atoms with E-state index in [1.165, 1.54) is 4.90 Å². The molecule has 0 saturated carbocycles. The highest BCUT2D eigenvalue weighted by molar-refractivity contribution is 6.61. The van der Waals surface area contributed by atoms with Crippen molar-refractivity contribution in [1.82, 2.24) is 9.88 Å². The van der Waals surface area contributed by atoms with Crippen LogP contribution in [0.2, 0.25) is 0 Å². The van der Waals surface area contributed by atoms with Crippen molar-refractivity contribution in [3.05, 3.63) is 30.1 Å². The van der Waals surface area contributed by atoms with Gasteiger partial charge in [0.1, 0.15) is 12.7 Å². The number of halogens is 1. The summed E-state index contributed by atoms with van der Waals surface area (Å²) in [5, 5.41) is 0. The fourth-order valence-corrected chi connectivity index (χ4v) is 1.46. The predicted molar refractivity (Wildman–Crippen MR) is 73.7 cm³/mol. The normalized spacial score (nSPS) is 11.6. The van der Waals surface area contributed by atoms with Gasteiger partial charge in [-0.05, 0) is 19.1 Å². The fourth-order valence-electron chi connectivity index (χ4n) is 1.40. The average molecular weight is 301 g/mol. The summed E-state index contributed by atoms with van der Waals surface area (Å²) < 4.78 is 9.62. The predicted octanol–water partition coefficient (Wildman–Crippen LogP) is 2.46. The Bertz CT molecular complexity index is 441. The Morgan fingerprint density at radius 3 is 2.80 bits per heavy atom. The molecule has 0 bridgehead atoms. The number of hydrogen-bond acceptors (Lipinski definition) is 5. The van der Waals surface area contributed by atoms with Gasteiger partial charge in [0.15, 0.2) is 0 Å². The molecule has 1 atom stereocenters. The molecule has 0 aromatic carbocycles. The lowest BCUT2D eigenvalue weighted by molar-refractivity contribution is 0.0426. The van der Waals surface area contributed by atoms with Crippen molar-refractivity contribution in [2.75, 3.05) is 20.2 Å². The molecule has 0 fully saturated rings. The number of aromatic nitrogens is 1. The van der Waals surface area contributed by atoms with Crippen LogP contribution in [-0.2, 0) is 15.9 Å². The average Bonchev–Trinajstić information content (AvgIpc) is 2.43. The zero-order valence-corrected chi connectivity index (χ0v) is 12.2. The highest BCUT2D eigenvalue weighted by Crippen LogP contribution is 2.02. The van der Waals surface area contributed by atoms with E-state index >= 15 is 0 Å². The second kappa shape index (κ2) is 8.37. The maximum atomic E-state index is 11.7. The third kappa shape index (κ3) is 6.38. The SMILES string of the molecule is CC(COC(=O)Cl)OC(=O)N(C)CCc1ccccn1. The molecule has 0 aliphatic rings. The zero-order valence-electron chi connectivity index (χ0n) is 11.4. The van der Waals surface area contributed by atoms with Gasteiger partial charge in [0.25, 0.3) is 0 Å². The van der Waals surface area contributed by atoms with E-state index in [1.807, 2.05) is 18.2 Å². The smallest absolute Gasteiger partial charge is 0.409 e. The van der Waals surface area contributed by atoms with E-state index < -0.39 is 17.6 Å². The maximum Gasteiger partial charge on any atom is 0.409 e. The van der Waals surface area contributed by atoms with Crippen LogP contribution in [0, 0.1) is 0 Å². The largest absolute Gasteiger partial charge is 0.450 e. The molecule has 0 spiro atoms. The molecule has 20 heavy (non-hydrogen) atoms. The summed E-state index contributed by atoms with van der Waals surface area (Å²) in [7, 11) is 1.63. The van der Waals surface area contributed by atoms with Gasteiger partial charge in [-0.15, -0.1) is 0 Å². The number of pyridine rings is 1. The van der Waals surface area contributed by atoms with E-state index in [2.05, 4.69) is 9.72 Å². The second-order valence-electron chi connectivity index (χ2n) is 4.24. The Labute approximate surface area is 122 Å². The van der Waals surface area contributed by atoms with Gasteiger partial charge in [-0.2, -0.15) is 0 Å². The topological polar surface area (TPSA) is 68.7 Å². The molecule has 1 unspecified atom stereocenters. The molecule has 1 heterocycles. The number of amides is 1. The Balaban J connectivity index is 2.30. The van der Waals surface area contributed by atoms with Crippen molar-refractivity contribution >= 4 is 23.1 Å². The molecule has 1 aromatic heterocycles. The van der Waals surface area contributed by atoms with Crippen LogP contribution in [0.4, 0.5) is 9.59 Å². The van der Waals surface area contributed by atoms with Gasteiger partial charge in [0, 0.05) is 43.5 Å². The van der Waals surface area contributed by atoms with E-state index in [0.29, 0.717) is 13.0 Å². The molecule has 6 nitrogen and oxygen atoms in total. The Morgan fingerprint density at radius 2 is 2.20 bits per heavy atom. The number of carbonyl (C=O) groups is 2. The van der Waals surface area contributed by atoms with Crippen molar-refractivity contribution < 1.29 is 19.1 Å². The molecule has 0 N–H and O–H groups in total. The first kappa shape index (κ1) is 16.2. The Hall–Kier alpha value is -1.82. The molecule has 0 aliphatic carbocycles. The van der Waals surface area contributed by atoms with Crippen LogP contribution < -0.4 is 0 Å². The molecular weight excluding hydrogens is 284 g/mol. The second-order valence-corrected chi connectivity index (χ2v) is 4.54. The highest BCUT2D eigenvalue weighted by Gasteiger charge is 2.15. The lowest BCUT2D eigenvalue weighted by Crippen LogP contribution is -2.33. The molecule has 7 heteroatoms. The standard InChI is InChI=1S/C13H17ClN2O4/c1-10(9-19-12(14)17)20-13(18)16(2)8-6-11-5-3-4-7-15-11/h3-5,7,10H,6,8-9H2,1-2H3. The van der Waals surface area contributed by atoms with Gasteiger partial charge in [-0.3, -0.25) is 4.98 Å². The van der Waals surface area contributed by atoms with Gasteiger partial charge in [0.05, 0.1) is 0 Å². The summed E-state index contributed by atoms with van der Waals surface area (Å²) in [6.45, 7) is 2.03. The molecular formula is C13H17ClN2O4. The van der Waals surface area contributed by atoms with E-state index in [4.69, 9.17) is 16.3 Å². The first-order valence-corrected chi connectivity index (χ1v) is 6.50. The van der Waals surface area contributed by atoms with E-state index in [9.17, 15) is 9.59 Å². The van der Waals surface area contributed by atoms with Gasteiger partial charge in [-0.1, -0.05) is 6.07 Å². The summed E-state index contributed by atoms with van der Waals surface area (Å²) >= 11 is 5.02. The number of likely N-dealkylation sites (N-methyl/N-ethyl adjacent to an activating group) is 1. The van der Waals surface area contributed by atoms with Gasteiger partial charge < -0.3 is 14.4 Å². The van der Waals surface area contributed by atoms with Crippen LogP contribution in [0.1, 0.15) is 12.6 Å². The monoisotopic (exact) mass is 300 g/mol. The van der Waals surface area contributed by atoms with Crippen molar-refractivity contribution in [2.24, 2.45) is 0 Å². The van der Waals surface area contributed by atoms with E-state index in [1.54, 1.807) is 20.2 Å². The molecule has 1 amide bonds. The first-order valence-electron chi connectivity index (χ1n) is 6.13. The molecule has 0 radical (unpaired) electrons. The third-order valence-corrected chi connectivity index (χ3v) is 2.58. The summed E-state index contributed by atoms with van der Waals surface area (Å²) in [4.78, 5) is 27.7. The van der Waals surface area contributed by atoms with Crippen LogP contribution in [0.5, 0.6) is 0 Å². The quantitative estimate of drug-likeness (QED) is 0.755. The Kier molecular flexibility index (Phi) is 6.79. The van der Waals surface area contributed by atoms with Crippen LogP contribution in [0.25, 0.3) is 0 Å². The number of nitrogens with zero attached hydrogens (tertiary/aromatic N) is 2. The minimum Gasteiger partial charge on any atom is -0.450 e. The number of hydrogen-bond donors (Lipinski definition) is 0. The van der Waals surface area contributed by atoms with Crippen molar-refractivity contribution in [3.8, 4) is 0 Å². The lowest BCUT2D eigenvalue weighted by Gasteiger charge is -2.19. The zero-order chi connectivity index (χ0) is 15.0. The molecule has 1 rings (SSSR count). The number of rotatable bonds is 6. The molecule has 1 aromatic rings. The molecule has 0 saturated heterocycles. The van der Waals surface area contributed by atoms with E-state index in [-0.39, 0.29) is 6.61 Å². The minimum absolute atomic E-state index is 0.0673. The van der Waals surface area contributed by atoms with Gasteiger partial charge >= 0.3 is 11.5 Å². The summed E-state index contributed by atoms with van der Waals surface area (Å²) in [5.41, 5.74) is -0.0207. The highest BCUT2D eigenvalue weighted by atomic mass is 35.5. The van der Waals surface area contributed by atoms with Crippen LogP contribution in [0.3, 0.4) is 0 Å². The van der Waals surface area contributed by atoms with E-state index in [0.717, 1.165) is 5.69 Å². The van der Waals surface area contributed by atoms with Gasteiger partial charge in [-0.25, -0.2) is 9.59 Å². The summed E-state index contributed by atoms with van der Waals surface area (Å²) in [6, 6.07) is 5.62. The van der Waals surface area contributed by atoms with Crippen molar-refractivity contribution in [2.45, 2.75) is 19.4 Å².